The van der Waals surface area contributed by atoms with E-state index < -0.39 is 4.92 Å². The molecular formula is C14H11N3O3. The highest BCUT2D eigenvalue weighted by Gasteiger charge is 2.14. The molecule has 2 aromatic rings. The molecule has 6 heteroatoms. The third kappa shape index (κ3) is 2.84. The summed E-state index contributed by atoms with van der Waals surface area (Å²) in [6.07, 6.45) is 0. The zero-order valence-corrected chi connectivity index (χ0v) is 10.7. The zero-order valence-electron chi connectivity index (χ0n) is 10.7. The molecule has 0 amide bonds. The largest absolute Gasteiger partial charge is 0.497 e. The Hall–Kier alpha value is -3.07. The minimum Gasteiger partial charge on any atom is -0.497 e. The number of methoxy groups -OCH3 is 1. The fourth-order valence-electron chi connectivity index (χ4n) is 1.71. The minimum absolute atomic E-state index is 0.146. The molecule has 0 saturated heterocycles. The van der Waals surface area contributed by atoms with Crippen LogP contribution >= 0.6 is 0 Å². The van der Waals surface area contributed by atoms with Gasteiger partial charge in [-0.3, -0.25) is 10.1 Å². The summed E-state index contributed by atoms with van der Waals surface area (Å²) in [4.78, 5) is 10.5. The van der Waals surface area contributed by atoms with Gasteiger partial charge in [0.15, 0.2) is 0 Å². The van der Waals surface area contributed by atoms with E-state index in [1.165, 1.54) is 18.2 Å². The molecule has 0 aliphatic heterocycles. The Kier molecular flexibility index (Phi) is 3.82. The van der Waals surface area contributed by atoms with Crippen LogP contribution in [0.15, 0.2) is 42.5 Å². The Morgan fingerprint density at radius 3 is 2.75 bits per heavy atom. The second-order valence-electron chi connectivity index (χ2n) is 3.96. The van der Waals surface area contributed by atoms with Crippen LogP contribution in [-0.4, -0.2) is 12.0 Å². The van der Waals surface area contributed by atoms with Gasteiger partial charge in [-0.15, -0.1) is 0 Å². The Labute approximate surface area is 115 Å². The van der Waals surface area contributed by atoms with Crippen LogP contribution in [0, 0.1) is 21.4 Å². The average molecular weight is 269 g/mol. The summed E-state index contributed by atoms with van der Waals surface area (Å²) in [7, 11) is 1.54. The third-order valence-electron chi connectivity index (χ3n) is 2.67. The standard InChI is InChI=1S/C14H11N3O3/c1-20-12-4-2-3-11(8-12)16-13-6-5-10(9-15)7-14(13)17(18)19/h2-8,16H,1H3. The van der Waals surface area contributed by atoms with E-state index >= 15 is 0 Å². The number of nitro benzene ring substituents is 1. The van der Waals surface area contributed by atoms with E-state index in [4.69, 9.17) is 10.00 Å². The third-order valence-corrected chi connectivity index (χ3v) is 2.67. The fraction of sp³-hybridized carbons (Fsp3) is 0.0714. The number of hydrogen-bond acceptors (Lipinski definition) is 5. The molecule has 0 radical (unpaired) electrons. The van der Waals surface area contributed by atoms with E-state index in [1.807, 2.05) is 6.07 Å². The van der Waals surface area contributed by atoms with Crippen molar-refractivity contribution >= 4 is 17.1 Å². The molecule has 0 heterocycles. The number of nitrogens with zero attached hydrogens (tertiary/aromatic N) is 2. The van der Waals surface area contributed by atoms with Crippen molar-refractivity contribution in [1.29, 1.82) is 5.26 Å². The number of nitrogens with one attached hydrogen (secondary N) is 1. The lowest BCUT2D eigenvalue weighted by Gasteiger charge is -2.08. The number of anilines is 2. The summed E-state index contributed by atoms with van der Waals surface area (Å²) in [6.45, 7) is 0. The topological polar surface area (TPSA) is 88.2 Å². The lowest BCUT2D eigenvalue weighted by molar-refractivity contribution is -0.383. The first kappa shape index (κ1) is 13.4. The van der Waals surface area contributed by atoms with Gasteiger partial charge in [-0.05, 0) is 24.3 Å². The molecule has 6 nitrogen and oxygen atoms in total. The maximum atomic E-state index is 11.0. The van der Waals surface area contributed by atoms with Gasteiger partial charge in [0, 0.05) is 17.8 Å². The molecule has 1 N–H and O–H groups in total. The second-order valence-corrected chi connectivity index (χ2v) is 3.96. The minimum atomic E-state index is -0.524. The average Bonchev–Trinajstić information content (AvgIpc) is 2.47. The summed E-state index contributed by atoms with van der Waals surface area (Å²) >= 11 is 0. The van der Waals surface area contributed by atoms with Crippen LogP contribution in [0.4, 0.5) is 17.1 Å². The van der Waals surface area contributed by atoms with Crippen molar-refractivity contribution in [2.45, 2.75) is 0 Å². The molecule has 2 aromatic carbocycles. The van der Waals surface area contributed by atoms with Crippen LogP contribution in [0.3, 0.4) is 0 Å². The van der Waals surface area contributed by atoms with Gasteiger partial charge in [0.05, 0.1) is 23.7 Å². The van der Waals surface area contributed by atoms with Gasteiger partial charge in [0.1, 0.15) is 11.4 Å². The molecule has 20 heavy (non-hydrogen) atoms. The van der Waals surface area contributed by atoms with Crippen LogP contribution in [-0.2, 0) is 0 Å². The fourth-order valence-corrected chi connectivity index (χ4v) is 1.71. The van der Waals surface area contributed by atoms with Crippen LogP contribution < -0.4 is 10.1 Å². The van der Waals surface area contributed by atoms with Gasteiger partial charge in [-0.2, -0.15) is 5.26 Å². The molecule has 100 valence electrons. The smallest absolute Gasteiger partial charge is 0.293 e. The van der Waals surface area contributed by atoms with Crippen molar-refractivity contribution < 1.29 is 9.66 Å². The Morgan fingerprint density at radius 1 is 1.30 bits per heavy atom. The first-order valence-corrected chi connectivity index (χ1v) is 5.73. The number of ether oxygens (including phenoxy) is 1. The molecule has 0 aromatic heterocycles. The van der Waals surface area contributed by atoms with E-state index in [0.717, 1.165) is 0 Å². The van der Waals surface area contributed by atoms with Crippen molar-refractivity contribution in [1.82, 2.24) is 0 Å². The predicted octanol–water partition coefficient (Wildman–Crippen LogP) is 3.22. The van der Waals surface area contributed by atoms with Crippen molar-refractivity contribution in [3.05, 3.63) is 58.1 Å². The Morgan fingerprint density at radius 2 is 2.10 bits per heavy atom. The maximum Gasteiger partial charge on any atom is 0.293 e. The molecule has 0 bridgehead atoms. The Balaban J connectivity index is 2.37. The van der Waals surface area contributed by atoms with Crippen LogP contribution in [0.1, 0.15) is 5.56 Å². The number of nitro groups is 1. The van der Waals surface area contributed by atoms with E-state index in [2.05, 4.69) is 5.32 Å². The Bertz CT molecular complexity index is 692. The maximum absolute atomic E-state index is 11.0. The zero-order chi connectivity index (χ0) is 14.5. The van der Waals surface area contributed by atoms with Gasteiger partial charge in [-0.25, -0.2) is 0 Å². The summed E-state index contributed by atoms with van der Waals surface area (Å²) in [5.41, 5.74) is 1.08. The van der Waals surface area contributed by atoms with E-state index in [-0.39, 0.29) is 11.3 Å². The number of benzene rings is 2. The van der Waals surface area contributed by atoms with Gasteiger partial charge in [0.25, 0.3) is 5.69 Å². The van der Waals surface area contributed by atoms with Crippen molar-refractivity contribution in [2.24, 2.45) is 0 Å². The van der Waals surface area contributed by atoms with Crippen LogP contribution in [0.25, 0.3) is 0 Å². The molecule has 0 fully saturated rings. The first-order valence-electron chi connectivity index (χ1n) is 5.73. The lowest BCUT2D eigenvalue weighted by atomic mass is 10.2. The molecule has 0 atom stereocenters. The van der Waals surface area contributed by atoms with Crippen LogP contribution in [0.2, 0.25) is 0 Å². The van der Waals surface area contributed by atoms with Crippen molar-refractivity contribution in [2.75, 3.05) is 12.4 Å². The van der Waals surface area contributed by atoms with E-state index in [1.54, 1.807) is 31.4 Å². The molecule has 0 aliphatic rings. The summed E-state index contributed by atoms with van der Waals surface area (Å²) < 4.78 is 5.09. The lowest BCUT2D eigenvalue weighted by Crippen LogP contribution is -1.98. The SMILES string of the molecule is COc1cccc(Nc2ccc(C#N)cc2[N+](=O)[O-])c1. The molecule has 0 unspecified atom stereocenters. The summed E-state index contributed by atoms with van der Waals surface area (Å²) in [6, 6.07) is 13.2. The normalized spacial score (nSPS) is 9.60. The highest BCUT2D eigenvalue weighted by atomic mass is 16.6. The van der Waals surface area contributed by atoms with Gasteiger partial charge in [-0.1, -0.05) is 6.07 Å². The second kappa shape index (κ2) is 5.71. The monoisotopic (exact) mass is 269 g/mol. The van der Waals surface area contributed by atoms with Crippen LogP contribution in [0.5, 0.6) is 5.75 Å². The van der Waals surface area contributed by atoms with E-state index in [9.17, 15) is 10.1 Å². The quantitative estimate of drug-likeness (QED) is 0.680. The summed E-state index contributed by atoms with van der Waals surface area (Å²) in [5.74, 6) is 0.645. The molecule has 0 saturated carbocycles. The number of rotatable bonds is 4. The van der Waals surface area contributed by atoms with Crippen molar-refractivity contribution in [3.8, 4) is 11.8 Å². The molecular weight excluding hydrogens is 258 g/mol. The van der Waals surface area contributed by atoms with Gasteiger partial charge in [0.2, 0.25) is 0 Å². The highest BCUT2D eigenvalue weighted by molar-refractivity contribution is 5.71. The molecule has 2 rings (SSSR count). The number of nitriles is 1. The van der Waals surface area contributed by atoms with Gasteiger partial charge < -0.3 is 10.1 Å². The van der Waals surface area contributed by atoms with E-state index in [0.29, 0.717) is 17.1 Å². The first-order chi connectivity index (χ1) is 9.63. The highest BCUT2D eigenvalue weighted by Crippen LogP contribution is 2.29. The van der Waals surface area contributed by atoms with Crippen molar-refractivity contribution in [3.63, 3.8) is 0 Å². The molecule has 0 aliphatic carbocycles. The van der Waals surface area contributed by atoms with Gasteiger partial charge >= 0.3 is 0 Å². The molecule has 0 spiro atoms. The predicted molar refractivity (Wildman–Crippen MR) is 74.1 cm³/mol. The summed E-state index contributed by atoms with van der Waals surface area (Å²) in [5, 5.41) is 22.8. The number of hydrogen-bond donors (Lipinski definition) is 1.